The van der Waals surface area contributed by atoms with E-state index in [1.807, 2.05) is 33.8 Å². The third-order valence-corrected chi connectivity index (χ3v) is 5.32. The maximum absolute atomic E-state index is 12.2. The summed E-state index contributed by atoms with van der Waals surface area (Å²) in [5, 5.41) is 1.06. The molecule has 0 saturated carbocycles. The van der Waals surface area contributed by atoms with Gasteiger partial charge in [-0.3, -0.25) is 9.69 Å². The molecule has 1 aliphatic rings. The lowest BCUT2D eigenvalue weighted by molar-refractivity contribution is 0.0110. The minimum absolute atomic E-state index is 0.00854. The topological polar surface area (TPSA) is 65.6 Å². The quantitative estimate of drug-likeness (QED) is 0.875. The van der Waals surface area contributed by atoms with Crippen molar-refractivity contribution < 1.29 is 9.53 Å². The van der Waals surface area contributed by atoms with Crippen molar-refractivity contribution in [3.8, 4) is 0 Å². The molecule has 2 heterocycles. The molecule has 152 valence electrons. The van der Waals surface area contributed by atoms with E-state index in [0.717, 1.165) is 41.5 Å². The molecule has 1 amide bonds. The Morgan fingerprint density at radius 1 is 1.18 bits per heavy atom. The Balaban J connectivity index is 1.69. The Kier molecular flexibility index (Phi) is 5.79. The lowest BCUT2D eigenvalue weighted by Gasteiger charge is -2.38. The van der Waals surface area contributed by atoms with E-state index in [1.54, 1.807) is 4.90 Å². The number of nitrogens with zero attached hydrogens (tertiary/aromatic N) is 2. The second kappa shape index (κ2) is 7.95. The zero-order chi connectivity index (χ0) is 20.5. The Labute approximate surface area is 166 Å². The summed E-state index contributed by atoms with van der Waals surface area (Å²) < 4.78 is 5.47. The lowest BCUT2D eigenvalue weighted by Crippen LogP contribution is -2.50. The highest BCUT2D eigenvalue weighted by atomic mass is 16.6. The van der Waals surface area contributed by atoms with Crippen molar-refractivity contribution in [1.82, 2.24) is 14.8 Å². The molecule has 0 aliphatic carbocycles. The molecule has 1 N–H and O–H groups in total. The molecule has 1 aliphatic heterocycles. The third kappa shape index (κ3) is 4.55. The molecule has 0 spiro atoms. The fourth-order valence-corrected chi connectivity index (χ4v) is 3.62. The first-order chi connectivity index (χ1) is 13.2. The summed E-state index contributed by atoms with van der Waals surface area (Å²) in [7, 11) is 0. The maximum atomic E-state index is 12.2. The van der Waals surface area contributed by atoms with Crippen LogP contribution in [-0.4, -0.2) is 52.7 Å². The van der Waals surface area contributed by atoms with Gasteiger partial charge in [0.15, 0.2) is 0 Å². The van der Waals surface area contributed by atoms with Crippen molar-refractivity contribution in [3.63, 3.8) is 0 Å². The van der Waals surface area contributed by atoms with Crippen molar-refractivity contribution >= 4 is 17.0 Å². The molecule has 2 aromatic rings. The van der Waals surface area contributed by atoms with Crippen molar-refractivity contribution in [1.29, 1.82) is 0 Å². The summed E-state index contributed by atoms with van der Waals surface area (Å²) >= 11 is 0. The number of amides is 1. The van der Waals surface area contributed by atoms with Crippen LogP contribution >= 0.6 is 0 Å². The van der Waals surface area contributed by atoms with Crippen LogP contribution in [0.2, 0.25) is 0 Å². The van der Waals surface area contributed by atoms with Crippen molar-refractivity contribution in [3.05, 3.63) is 45.7 Å². The van der Waals surface area contributed by atoms with Gasteiger partial charge in [0, 0.05) is 43.3 Å². The molecule has 1 atom stereocenters. The van der Waals surface area contributed by atoms with Gasteiger partial charge in [0.05, 0.1) is 0 Å². The molecule has 1 aromatic heterocycles. The highest BCUT2D eigenvalue weighted by Gasteiger charge is 2.28. The van der Waals surface area contributed by atoms with E-state index < -0.39 is 5.60 Å². The van der Waals surface area contributed by atoms with Crippen LogP contribution in [0.5, 0.6) is 0 Å². The van der Waals surface area contributed by atoms with Gasteiger partial charge in [0.25, 0.3) is 5.56 Å². The number of nitrogens with one attached hydrogen (secondary N) is 1. The van der Waals surface area contributed by atoms with Gasteiger partial charge in [-0.15, -0.1) is 0 Å². The Bertz CT molecular complexity index is 905. The number of carbonyl (C=O) groups is 1. The fraction of sp³-hybridized carbons (Fsp3) is 0.545. The van der Waals surface area contributed by atoms with Crippen molar-refractivity contribution in [2.75, 3.05) is 26.2 Å². The molecular weight excluding hydrogens is 354 g/mol. The Hall–Kier alpha value is -2.34. The first-order valence-corrected chi connectivity index (χ1v) is 10.1. The number of hydrogen-bond donors (Lipinski definition) is 1. The minimum Gasteiger partial charge on any atom is -0.444 e. The van der Waals surface area contributed by atoms with Gasteiger partial charge in [-0.2, -0.15) is 0 Å². The van der Waals surface area contributed by atoms with Gasteiger partial charge >= 0.3 is 6.09 Å². The predicted molar refractivity (Wildman–Crippen MR) is 112 cm³/mol. The number of ether oxygens (including phenoxy) is 1. The molecule has 1 unspecified atom stereocenters. The van der Waals surface area contributed by atoms with Crippen molar-refractivity contribution in [2.24, 2.45) is 0 Å². The SMILES string of the molecule is CCc1cc2ccc(C(C)N3CCN(C(=O)OC(C)(C)C)CC3)cc2[nH]c1=O. The van der Waals surface area contributed by atoms with Crippen LogP contribution < -0.4 is 5.56 Å². The van der Waals surface area contributed by atoms with Crippen LogP contribution in [-0.2, 0) is 11.2 Å². The molecule has 0 radical (unpaired) electrons. The number of carbonyl (C=O) groups excluding carboxylic acids is 1. The van der Waals surface area contributed by atoms with E-state index in [1.165, 1.54) is 0 Å². The molecular formula is C22H31N3O3. The van der Waals surface area contributed by atoms with Gasteiger partial charge in [-0.1, -0.05) is 19.1 Å². The van der Waals surface area contributed by atoms with Crippen LogP contribution in [0.3, 0.4) is 0 Å². The number of aromatic nitrogens is 1. The average Bonchev–Trinajstić information content (AvgIpc) is 2.65. The van der Waals surface area contributed by atoms with Gasteiger partial charge < -0.3 is 14.6 Å². The summed E-state index contributed by atoms with van der Waals surface area (Å²) in [6, 6.07) is 8.46. The zero-order valence-corrected chi connectivity index (χ0v) is 17.5. The molecule has 1 saturated heterocycles. The van der Waals surface area contributed by atoms with Crippen LogP contribution in [0.4, 0.5) is 4.79 Å². The van der Waals surface area contributed by atoms with Gasteiger partial charge in [0.1, 0.15) is 5.60 Å². The summed E-state index contributed by atoms with van der Waals surface area (Å²) in [6.07, 6.45) is 0.487. The molecule has 6 nitrogen and oxygen atoms in total. The molecule has 1 fully saturated rings. The number of hydrogen-bond acceptors (Lipinski definition) is 4. The standard InChI is InChI=1S/C22H31N3O3/c1-6-16-13-18-8-7-17(14-19(18)23-20(16)26)15(2)24-9-11-25(12-10-24)21(27)28-22(3,4)5/h7-8,13-15H,6,9-12H2,1-5H3,(H,23,26). The molecule has 0 bridgehead atoms. The summed E-state index contributed by atoms with van der Waals surface area (Å²) in [6.45, 7) is 12.7. The largest absolute Gasteiger partial charge is 0.444 e. The maximum Gasteiger partial charge on any atom is 0.410 e. The number of aromatic amines is 1. The predicted octanol–water partition coefficient (Wildman–Crippen LogP) is 3.70. The highest BCUT2D eigenvalue weighted by molar-refractivity contribution is 5.79. The first-order valence-electron chi connectivity index (χ1n) is 10.1. The molecule has 3 rings (SSSR count). The summed E-state index contributed by atoms with van der Waals surface area (Å²) in [5.74, 6) is 0. The molecule has 1 aromatic carbocycles. The van der Waals surface area contributed by atoms with Crippen molar-refractivity contribution in [2.45, 2.75) is 52.7 Å². The lowest BCUT2D eigenvalue weighted by atomic mass is 10.0. The first kappa shape index (κ1) is 20.4. The average molecular weight is 386 g/mol. The minimum atomic E-state index is -0.471. The summed E-state index contributed by atoms with van der Waals surface area (Å²) in [5.41, 5.74) is 2.37. The monoisotopic (exact) mass is 385 g/mol. The van der Waals surface area contributed by atoms with Crippen LogP contribution in [0.1, 0.15) is 51.8 Å². The van der Waals surface area contributed by atoms with E-state index in [2.05, 4.69) is 35.0 Å². The second-order valence-corrected chi connectivity index (χ2v) is 8.50. The molecule has 6 heteroatoms. The number of piperazine rings is 1. The van der Waals surface area contributed by atoms with Crippen LogP contribution in [0, 0.1) is 0 Å². The van der Waals surface area contributed by atoms with Gasteiger partial charge in [-0.05, 0) is 57.2 Å². The normalized spacial score (nSPS) is 17.0. The number of fused-ring (bicyclic) bond motifs is 1. The van der Waals surface area contributed by atoms with E-state index >= 15 is 0 Å². The molecule has 28 heavy (non-hydrogen) atoms. The van der Waals surface area contributed by atoms with Crippen LogP contribution in [0.25, 0.3) is 10.9 Å². The summed E-state index contributed by atoms with van der Waals surface area (Å²) in [4.78, 5) is 31.5. The van der Waals surface area contributed by atoms with E-state index in [9.17, 15) is 9.59 Å². The number of rotatable bonds is 3. The van der Waals surface area contributed by atoms with E-state index in [4.69, 9.17) is 4.74 Å². The van der Waals surface area contributed by atoms with Gasteiger partial charge in [0.2, 0.25) is 0 Å². The fourth-order valence-electron chi connectivity index (χ4n) is 3.62. The third-order valence-electron chi connectivity index (χ3n) is 5.32. The number of H-pyrrole nitrogens is 1. The number of aryl methyl sites for hydroxylation is 1. The Morgan fingerprint density at radius 3 is 2.46 bits per heavy atom. The highest BCUT2D eigenvalue weighted by Crippen LogP contribution is 2.25. The smallest absolute Gasteiger partial charge is 0.410 e. The zero-order valence-electron chi connectivity index (χ0n) is 17.5. The number of benzene rings is 1. The van der Waals surface area contributed by atoms with Gasteiger partial charge in [-0.25, -0.2) is 4.79 Å². The number of pyridine rings is 1. The Morgan fingerprint density at radius 2 is 1.86 bits per heavy atom. The van der Waals surface area contributed by atoms with Crippen LogP contribution in [0.15, 0.2) is 29.1 Å². The van der Waals surface area contributed by atoms with E-state index in [0.29, 0.717) is 13.1 Å². The van der Waals surface area contributed by atoms with E-state index in [-0.39, 0.29) is 17.7 Å². The second-order valence-electron chi connectivity index (χ2n) is 8.50.